The molecule has 2 atom stereocenters. The third-order valence-corrected chi connectivity index (χ3v) is 10.2. The Morgan fingerprint density at radius 3 is 1.13 bits per heavy atom. The average molecular weight is 547 g/mol. The summed E-state index contributed by atoms with van der Waals surface area (Å²) in [7, 11) is -8.89. The van der Waals surface area contributed by atoms with Gasteiger partial charge >= 0.3 is 6.03 Å². The van der Waals surface area contributed by atoms with Crippen molar-refractivity contribution < 1.29 is 21.6 Å². The lowest BCUT2D eigenvalue weighted by Crippen LogP contribution is -2.39. The van der Waals surface area contributed by atoms with E-state index in [-0.39, 0.29) is 9.79 Å². The van der Waals surface area contributed by atoms with Crippen LogP contribution in [0.2, 0.25) is 0 Å². The van der Waals surface area contributed by atoms with Crippen molar-refractivity contribution in [1.29, 1.82) is 0 Å². The minimum Gasteiger partial charge on any atom is -0.246 e. The Morgan fingerprint density at radius 1 is 0.500 bits per heavy atom. The van der Waals surface area contributed by atoms with Gasteiger partial charge in [-0.2, -0.15) is 0 Å². The number of aryl methyl sites for hydroxylation is 2. The highest BCUT2D eigenvalue weighted by Crippen LogP contribution is 2.49. The molecule has 0 N–H and O–H groups in total. The number of carbonyl (C=O) groups is 1. The van der Waals surface area contributed by atoms with Crippen LogP contribution >= 0.6 is 0 Å². The van der Waals surface area contributed by atoms with Crippen LogP contribution < -0.4 is 0 Å². The van der Waals surface area contributed by atoms with Crippen molar-refractivity contribution in [3.8, 4) is 0 Å². The molecule has 1 aliphatic heterocycles. The van der Waals surface area contributed by atoms with Crippen molar-refractivity contribution in [2.75, 3.05) is 0 Å². The molecule has 0 aliphatic carbocycles. The van der Waals surface area contributed by atoms with E-state index in [0.29, 0.717) is 11.1 Å². The van der Waals surface area contributed by atoms with Crippen molar-refractivity contribution in [2.45, 2.75) is 35.7 Å². The Hall–Kier alpha value is -3.95. The number of hydrogen-bond acceptors (Lipinski definition) is 5. The predicted octanol–water partition coefficient (Wildman–Crippen LogP) is 5.60. The van der Waals surface area contributed by atoms with Crippen molar-refractivity contribution in [3.05, 3.63) is 131 Å². The molecule has 1 aliphatic rings. The highest BCUT2D eigenvalue weighted by Gasteiger charge is 2.57. The van der Waals surface area contributed by atoms with E-state index in [9.17, 15) is 21.6 Å². The Morgan fingerprint density at radius 2 is 0.816 bits per heavy atom. The van der Waals surface area contributed by atoms with E-state index < -0.39 is 38.2 Å². The van der Waals surface area contributed by atoms with Crippen LogP contribution in [0.1, 0.15) is 34.3 Å². The van der Waals surface area contributed by atoms with Gasteiger partial charge in [0.2, 0.25) is 0 Å². The van der Waals surface area contributed by atoms with Gasteiger partial charge in [0.05, 0.1) is 9.79 Å². The lowest BCUT2D eigenvalue weighted by Gasteiger charge is -2.28. The third-order valence-electron chi connectivity index (χ3n) is 6.62. The quantitative estimate of drug-likeness (QED) is 0.314. The molecule has 0 saturated carbocycles. The summed E-state index contributed by atoms with van der Waals surface area (Å²) in [5.41, 5.74) is 2.68. The standard InChI is InChI=1S/C29H26N2O5S2/c1-21-13-17-25(18-14-21)37(33,34)30-27(23-9-5-3-6-10-23)28(24-11-7-4-8-12-24)31(29(30)32)38(35,36)26-19-15-22(2)16-20-26/h3-20,27-28H,1-2H3/t27-,28-/m1/s1. The molecule has 1 saturated heterocycles. The summed E-state index contributed by atoms with van der Waals surface area (Å²) in [6.07, 6.45) is 0. The molecule has 1 fully saturated rings. The van der Waals surface area contributed by atoms with Gasteiger partial charge in [-0.05, 0) is 49.2 Å². The average Bonchev–Trinajstić information content (AvgIpc) is 3.24. The van der Waals surface area contributed by atoms with Gasteiger partial charge in [-0.3, -0.25) is 0 Å². The number of benzene rings is 4. The molecule has 0 bridgehead atoms. The van der Waals surface area contributed by atoms with Crippen LogP contribution in [0.25, 0.3) is 0 Å². The summed E-state index contributed by atoms with van der Waals surface area (Å²) >= 11 is 0. The second-order valence-corrected chi connectivity index (χ2v) is 12.9. The number of amides is 2. The molecule has 5 rings (SSSR count). The zero-order chi connectivity index (χ0) is 27.1. The molecule has 7 nitrogen and oxygen atoms in total. The molecule has 0 spiro atoms. The molecule has 9 heteroatoms. The SMILES string of the molecule is Cc1ccc(S(=O)(=O)N2C(=O)N(S(=O)(=O)c3ccc(C)cc3)[C@H](c3ccccc3)[C@H]2c2ccccc2)cc1. The van der Waals surface area contributed by atoms with Crippen LogP contribution in [0.4, 0.5) is 4.79 Å². The van der Waals surface area contributed by atoms with Crippen LogP contribution in [0.5, 0.6) is 0 Å². The van der Waals surface area contributed by atoms with Gasteiger partial charge in [0.1, 0.15) is 12.1 Å². The molecule has 1 heterocycles. The zero-order valence-electron chi connectivity index (χ0n) is 20.8. The molecule has 4 aromatic rings. The number of rotatable bonds is 6. The fraction of sp³-hybridized carbons (Fsp3) is 0.138. The first-order chi connectivity index (χ1) is 18.1. The largest absolute Gasteiger partial charge is 0.349 e. The lowest BCUT2D eigenvalue weighted by atomic mass is 9.95. The minimum absolute atomic E-state index is 0.0984. The summed E-state index contributed by atoms with van der Waals surface area (Å²) in [5.74, 6) is 0. The first kappa shape index (κ1) is 25.7. The number of urea groups is 1. The molecule has 0 aromatic heterocycles. The van der Waals surface area contributed by atoms with Crippen molar-refractivity contribution in [2.24, 2.45) is 0 Å². The van der Waals surface area contributed by atoms with Crippen molar-refractivity contribution in [3.63, 3.8) is 0 Å². The molecule has 4 aromatic carbocycles. The molecular formula is C29H26N2O5S2. The fourth-order valence-corrected chi connectivity index (χ4v) is 7.80. The molecule has 194 valence electrons. The third kappa shape index (κ3) is 4.37. The van der Waals surface area contributed by atoms with Gasteiger partial charge in [-0.25, -0.2) is 30.2 Å². The van der Waals surface area contributed by atoms with E-state index in [1.54, 1.807) is 84.9 Å². The van der Waals surface area contributed by atoms with E-state index >= 15 is 0 Å². The van der Waals surface area contributed by atoms with Crippen LogP contribution in [0, 0.1) is 13.8 Å². The Kier molecular flexibility index (Phi) is 6.58. The number of carbonyl (C=O) groups excluding carboxylic acids is 1. The van der Waals surface area contributed by atoms with Gasteiger partial charge < -0.3 is 0 Å². The fourth-order valence-electron chi connectivity index (χ4n) is 4.68. The monoisotopic (exact) mass is 546 g/mol. The summed E-state index contributed by atoms with van der Waals surface area (Å²) in [5, 5.41) is 0. The topological polar surface area (TPSA) is 91.8 Å². The molecular weight excluding hydrogens is 520 g/mol. The van der Waals surface area contributed by atoms with Gasteiger partial charge in [0, 0.05) is 0 Å². The predicted molar refractivity (Wildman–Crippen MR) is 144 cm³/mol. The number of hydrogen-bond donors (Lipinski definition) is 0. The van der Waals surface area contributed by atoms with Gasteiger partial charge in [-0.1, -0.05) is 96.1 Å². The number of nitrogens with zero attached hydrogens (tertiary/aromatic N) is 2. The first-order valence-corrected chi connectivity index (χ1v) is 14.9. The summed E-state index contributed by atoms with van der Waals surface area (Å²) in [6, 6.07) is 26.1. The first-order valence-electron chi connectivity index (χ1n) is 12.0. The van der Waals surface area contributed by atoms with Crippen LogP contribution in [0.3, 0.4) is 0 Å². The van der Waals surface area contributed by atoms with E-state index in [4.69, 9.17) is 0 Å². The molecule has 0 unspecified atom stereocenters. The summed E-state index contributed by atoms with van der Waals surface area (Å²) in [6.45, 7) is 3.65. The van der Waals surface area contributed by atoms with Gasteiger partial charge in [0.15, 0.2) is 0 Å². The normalized spacial score (nSPS) is 18.1. The smallest absolute Gasteiger partial charge is 0.246 e. The van der Waals surface area contributed by atoms with Crippen molar-refractivity contribution >= 4 is 26.1 Å². The summed E-state index contributed by atoms with van der Waals surface area (Å²) < 4.78 is 57.7. The second kappa shape index (κ2) is 9.74. The maximum atomic E-state index is 14.1. The Balaban J connectivity index is 1.78. The highest BCUT2D eigenvalue weighted by atomic mass is 32.2. The Bertz CT molecular complexity index is 1540. The minimum atomic E-state index is -4.45. The zero-order valence-corrected chi connectivity index (χ0v) is 22.4. The van der Waals surface area contributed by atoms with E-state index in [0.717, 1.165) is 19.7 Å². The van der Waals surface area contributed by atoms with E-state index in [2.05, 4.69) is 0 Å². The summed E-state index contributed by atoms with van der Waals surface area (Å²) in [4.78, 5) is 13.9. The highest BCUT2D eigenvalue weighted by molar-refractivity contribution is 7.91. The second-order valence-electron chi connectivity index (χ2n) is 9.22. The molecule has 0 radical (unpaired) electrons. The van der Waals surface area contributed by atoms with Crippen molar-refractivity contribution in [1.82, 2.24) is 8.61 Å². The number of sulfonamides is 2. The van der Waals surface area contributed by atoms with Crippen LogP contribution in [-0.2, 0) is 20.0 Å². The molecule has 38 heavy (non-hydrogen) atoms. The van der Waals surface area contributed by atoms with Crippen LogP contribution in [-0.4, -0.2) is 31.5 Å². The maximum Gasteiger partial charge on any atom is 0.349 e. The van der Waals surface area contributed by atoms with E-state index in [1.165, 1.54) is 24.3 Å². The molecule has 2 amide bonds. The lowest BCUT2D eigenvalue weighted by molar-refractivity contribution is 0.220. The Labute approximate surface area is 223 Å². The van der Waals surface area contributed by atoms with Gasteiger partial charge in [-0.15, -0.1) is 0 Å². The maximum absolute atomic E-state index is 14.1. The van der Waals surface area contributed by atoms with E-state index in [1.807, 2.05) is 13.8 Å². The van der Waals surface area contributed by atoms with Crippen LogP contribution in [0.15, 0.2) is 119 Å². The van der Waals surface area contributed by atoms with Gasteiger partial charge in [0.25, 0.3) is 20.0 Å².